The summed E-state index contributed by atoms with van der Waals surface area (Å²) in [7, 11) is 0. The lowest BCUT2D eigenvalue weighted by atomic mass is 10.1. The first-order valence-electron chi connectivity index (χ1n) is 6.65. The molecule has 5 heteroatoms. The van der Waals surface area contributed by atoms with Crippen LogP contribution < -0.4 is 10.6 Å². The lowest BCUT2D eigenvalue weighted by Gasteiger charge is -2.39. The number of nitrogens with one attached hydrogen (secondary N) is 2. The molecule has 1 atom stereocenters. The van der Waals surface area contributed by atoms with Crippen molar-refractivity contribution in [2.75, 3.05) is 45.8 Å². The van der Waals surface area contributed by atoms with Crippen molar-refractivity contribution >= 4 is 5.91 Å². The highest BCUT2D eigenvalue weighted by molar-refractivity contribution is 5.82. The number of carbonyl (C=O) groups excluding carboxylic acids is 1. The fourth-order valence-electron chi connectivity index (χ4n) is 2.51. The van der Waals surface area contributed by atoms with Gasteiger partial charge in [-0.05, 0) is 13.8 Å². The second kappa shape index (κ2) is 5.80. The molecular weight excluding hydrogens is 216 g/mol. The fourth-order valence-corrected chi connectivity index (χ4v) is 2.51. The van der Waals surface area contributed by atoms with Crippen molar-refractivity contribution in [3.63, 3.8) is 0 Å². The Morgan fingerprint density at radius 1 is 1.18 bits per heavy atom. The Balaban J connectivity index is 1.81. The second-order valence-corrected chi connectivity index (χ2v) is 5.17. The van der Waals surface area contributed by atoms with Crippen LogP contribution in [0.3, 0.4) is 0 Å². The van der Waals surface area contributed by atoms with E-state index < -0.39 is 0 Å². The van der Waals surface area contributed by atoms with Gasteiger partial charge in [-0.15, -0.1) is 0 Å². The number of hydrogen-bond donors (Lipinski definition) is 2. The van der Waals surface area contributed by atoms with E-state index in [1.54, 1.807) is 0 Å². The maximum absolute atomic E-state index is 12.2. The number of hydrogen-bond acceptors (Lipinski definition) is 4. The van der Waals surface area contributed by atoms with Gasteiger partial charge in [0.2, 0.25) is 5.91 Å². The molecule has 98 valence electrons. The summed E-state index contributed by atoms with van der Waals surface area (Å²) in [4.78, 5) is 16.7. The van der Waals surface area contributed by atoms with Crippen LogP contribution in [0.15, 0.2) is 0 Å². The van der Waals surface area contributed by atoms with Gasteiger partial charge in [0.1, 0.15) is 0 Å². The van der Waals surface area contributed by atoms with E-state index in [0.29, 0.717) is 6.04 Å². The summed E-state index contributed by atoms with van der Waals surface area (Å²) in [5.74, 6) is 0.264. The Morgan fingerprint density at radius 3 is 2.41 bits per heavy atom. The third kappa shape index (κ3) is 3.18. The molecule has 1 unspecified atom stereocenters. The highest BCUT2D eigenvalue weighted by Gasteiger charge is 2.28. The van der Waals surface area contributed by atoms with Crippen LogP contribution in [0, 0.1) is 0 Å². The first-order chi connectivity index (χ1) is 8.18. The highest BCUT2D eigenvalue weighted by atomic mass is 16.2. The number of piperazine rings is 2. The molecule has 0 spiro atoms. The van der Waals surface area contributed by atoms with Crippen molar-refractivity contribution in [3.05, 3.63) is 0 Å². The smallest absolute Gasteiger partial charge is 0.241 e. The van der Waals surface area contributed by atoms with Crippen molar-refractivity contribution in [2.45, 2.75) is 25.9 Å². The lowest BCUT2D eigenvalue weighted by Crippen LogP contribution is -2.60. The summed E-state index contributed by atoms with van der Waals surface area (Å²) >= 11 is 0. The number of nitrogens with zero attached hydrogens (tertiary/aromatic N) is 2. The van der Waals surface area contributed by atoms with E-state index in [0.717, 1.165) is 45.8 Å². The zero-order valence-corrected chi connectivity index (χ0v) is 10.9. The van der Waals surface area contributed by atoms with E-state index in [1.807, 2.05) is 4.90 Å². The van der Waals surface area contributed by atoms with Gasteiger partial charge in [-0.25, -0.2) is 0 Å². The molecule has 0 aromatic heterocycles. The van der Waals surface area contributed by atoms with Gasteiger partial charge in [0.05, 0.1) is 6.04 Å². The van der Waals surface area contributed by atoms with Crippen molar-refractivity contribution < 1.29 is 4.79 Å². The third-order valence-electron chi connectivity index (χ3n) is 3.70. The minimum atomic E-state index is -0.0191. The number of carbonyl (C=O) groups is 1. The van der Waals surface area contributed by atoms with E-state index >= 15 is 0 Å². The SMILES string of the molecule is CC(C)N1CCN(C(=O)C2CNCCN2)CC1. The average Bonchev–Trinajstić information content (AvgIpc) is 2.39. The van der Waals surface area contributed by atoms with Gasteiger partial charge in [0, 0.05) is 51.9 Å². The zero-order chi connectivity index (χ0) is 12.3. The molecule has 2 saturated heterocycles. The van der Waals surface area contributed by atoms with E-state index in [4.69, 9.17) is 0 Å². The highest BCUT2D eigenvalue weighted by Crippen LogP contribution is 2.07. The van der Waals surface area contributed by atoms with Crippen LogP contribution in [-0.4, -0.2) is 73.6 Å². The Bertz CT molecular complexity index is 255. The predicted molar refractivity (Wildman–Crippen MR) is 67.9 cm³/mol. The van der Waals surface area contributed by atoms with Crippen molar-refractivity contribution in [2.24, 2.45) is 0 Å². The van der Waals surface area contributed by atoms with Crippen LogP contribution in [0.5, 0.6) is 0 Å². The zero-order valence-electron chi connectivity index (χ0n) is 10.9. The second-order valence-electron chi connectivity index (χ2n) is 5.17. The Labute approximate surface area is 104 Å². The van der Waals surface area contributed by atoms with Gasteiger partial charge in [-0.3, -0.25) is 9.69 Å². The summed E-state index contributed by atoms with van der Waals surface area (Å²) in [5.41, 5.74) is 0. The number of rotatable bonds is 2. The van der Waals surface area contributed by atoms with Crippen LogP contribution in [0.25, 0.3) is 0 Å². The Kier molecular flexibility index (Phi) is 4.36. The molecule has 2 N–H and O–H groups in total. The molecule has 0 radical (unpaired) electrons. The molecule has 17 heavy (non-hydrogen) atoms. The number of amides is 1. The summed E-state index contributed by atoms with van der Waals surface area (Å²) in [6.07, 6.45) is 0. The van der Waals surface area contributed by atoms with Crippen LogP contribution in [0.2, 0.25) is 0 Å². The third-order valence-corrected chi connectivity index (χ3v) is 3.70. The van der Waals surface area contributed by atoms with Gasteiger partial charge >= 0.3 is 0 Å². The topological polar surface area (TPSA) is 47.6 Å². The molecule has 0 aromatic carbocycles. The first-order valence-corrected chi connectivity index (χ1v) is 6.65. The van der Waals surface area contributed by atoms with Crippen molar-refractivity contribution in [3.8, 4) is 0 Å². The Hall–Kier alpha value is -0.650. The van der Waals surface area contributed by atoms with Crippen LogP contribution in [-0.2, 0) is 4.79 Å². The quantitative estimate of drug-likeness (QED) is 0.657. The summed E-state index contributed by atoms with van der Waals surface area (Å²) in [5, 5.41) is 6.54. The Morgan fingerprint density at radius 2 is 1.88 bits per heavy atom. The van der Waals surface area contributed by atoms with Crippen molar-refractivity contribution in [1.29, 1.82) is 0 Å². The van der Waals surface area contributed by atoms with E-state index in [-0.39, 0.29) is 11.9 Å². The molecule has 2 heterocycles. The molecule has 0 aliphatic carbocycles. The lowest BCUT2D eigenvalue weighted by molar-refractivity contribution is -0.135. The minimum Gasteiger partial charge on any atom is -0.339 e. The monoisotopic (exact) mass is 240 g/mol. The molecule has 2 rings (SSSR count). The largest absolute Gasteiger partial charge is 0.339 e. The predicted octanol–water partition coefficient (Wildman–Crippen LogP) is -0.900. The first kappa shape index (κ1) is 12.8. The van der Waals surface area contributed by atoms with E-state index in [1.165, 1.54) is 0 Å². The summed E-state index contributed by atoms with van der Waals surface area (Å²) < 4.78 is 0. The molecule has 2 fully saturated rings. The molecule has 0 saturated carbocycles. The van der Waals surface area contributed by atoms with Gasteiger partial charge in [0.25, 0.3) is 0 Å². The van der Waals surface area contributed by atoms with Gasteiger partial charge in [-0.1, -0.05) is 0 Å². The fraction of sp³-hybridized carbons (Fsp3) is 0.917. The van der Waals surface area contributed by atoms with Crippen molar-refractivity contribution in [1.82, 2.24) is 20.4 Å². The summed E-state index contributed by atoms with van der Waals surface area (Å²) in [6, 6.07) is 0.566. The molecule has 1 amide bonds. The van der Waals surface area contributed by atoms with Gasteiger partial charge in [0.15, 0.2) is 0 Å². The average molecular weight is 240 g/mol. The van der Waals surface area contributed by atoms with E-state index in [9.17, 15) is 4.79 Å². The molecular formula is C12H24N4O. The van der Waals surface area contributed by atoms with Gasteiger partial charge in [-0.2, -0.15) is 0 Å². The molecule has 0 aromatic rings. The van der Waals surface area contributed by atoms with Crippen LogP contribution in [0.1, 0.15) is 13.8 Å². The van der Waals surface area contributed by atoms with Gasteiger partial charge < -0.3 is 15.5 Å². The molecule has 2 aliphatic rings. The normalized spacial score (nSPS) is 27.5. The van der Waals surface area contributed by atoms with E-state index in [2.05, 4.69) is 29.4 Å². The van der Waals surface area contributed by atoms with Crippen LogP contribution in [0.4, 0.5) is 0 Å². The maximum Gasteiger partial charge on any atom is 0.241 e. The minimum absolute atomic E-state index is 0.0191. The molecule has 0 bridgehead atoms. The molecule has 5 nitrogen and oxygen atoms in total. The standard InChI is InChI=1S/C12H24N4O/c1-10(2)15-5-7-16(8-6-15)12(17)11-9-13-3-4-14-11/h10-11,13-14H,3-9H2,1-2H3. The summed E-state index contributed by atoms with van der Waals surface area (Å²) in [6.45, 7) is 10.8. The van der Waals surface area contributed by atoms with Crippen LogP contribution >= 0.6 is 0 Å². The molecule has 2 aliphatic heterocycles. The maximum atomic E-state index is 12.2.